The molecule has 0 spiro atoms. The Bertz CT molecular complexity index is 589. The molecule has 1 amide bonds. The van der Waals surface area contributed by atoms with Crippen LogP contribution in [0.3, 0.4) is 0 Å². The maximum Gasteiger partial charge on any atom is 0.414 e. The third-order valence-corrected chi connectivity index (χ3v) is 2.40. The molecule has 0 radical (unpaired) electrons. The zero-order chi connectivity index (χ0) is 14.8. The molecule has 0 aliphatic heterocycles. The number of aryl methyl sites for hydroxylation is 1. The molecule has 2 aromatic heterocycles. The van der Waals surface area contributed by atoms with Crippen molar-refractivity contribution in [2.75, 3.05) is 6.61 Å². The second-order valence-electron chi connectivity index (χ2n) is 3.93. The number of alkyl halides is 3. The normalized spacial score (nSPS) is 11.6. The number of halogens is 3. The van der Waals surface area contributed by atoms with Gasteiger partial charge in [0.05, 0.1) is 6.20 Å². The molecular formula is C11H11F3N4O2. The fourth-order valence-electron chi connectivity index (χ4n) is 1.61. The lowest BCUT2D eigenvalue weighted by Gasteiger charge is -2.09. The van der Waals surface area contributed by atoms with E-state index < -0.39 is 18.7 Å². The van der Waals surface area contributed by atoms with E-state index in [9.17, 15) is 18.0 Å². The van der Waals surface area contributed by atoms with E-state index in [1.807, 2.05) is 0 Å². The van der Waals surface area contributed by atoms with Crippen LogP contribution in [0.5, 0.6) is 0 Å². The van der Waals surface area contributed by atoms with Gasteiger partial charge in [0, 0.05) is 19.4 Å². The third kappa shape index (κ3) is 3.18. The maximum absolute atomic E-state index is 11.9. The lowest BCUT2D eigenvalue weighted by atomic mass is 10.3. The lowest BCUT2D eigenvalue weighted by Crippen LogP contribution is -2.30. The number of amides is 1. The quantitative estimate of drug-likeness (QED) is 0.866. The molecule has 2 aromatic rings. The Kier molecular flexibility index (Phi) is 3.79. The minimum absolute atomic E-state index is 0.103. The van der Waals surface area contributed by atoms with Crippen LogP contribution in [-0.2, 0) is 11.9 Å². The van der Waals surface area contributed by atoms with Gasteiger partial charge in [0.15, 0.2) is 6.61 Å². The monoisotopic (exact) mass is 288 g/mol. The molecule has 1 N–H and O–H groups in total. The summed E-state index contributed by atoms with van der Waals surface area (Å²) >= 11 is 0. The van der Waals surface area contributed by atoms with Crippen LogP contribution in [0.2, 0.25) is 0 Å². The first-order chi connectivity index (χ1) is 9.38. The van der Waals surface area contributed by atoms with Crippen LogP contribution in [0.4, 0.5) is 13.2 Å². The maximum atomic E-state index is 11.9. The fourth-order valence-corrected chi connectivity index (χ4v) is 1.61. The average Bonchev–Trinajstić information content (AvgIpc) is 2.95. The molecular weight excluding hydrogens is 277 g/mol. The van der Waals surface area contributed by atoms with E-state index >= 15 is 0 Å². The van der Waals surface area contributed by atoms with Gasteiger partial charge in [-0.15, -0.1) is 0 Å². The molecule has 2 rings (SSSR count). The largest absolute Gasteiger partial charge is 0.414 e. The van der Waals surface area contributed by atoms with Gasteiger partial charge in [0.2, 0.25) is 0 Å². The summed E-state index contributed by atoms with van der Waals surface area (Å²) in [7, 11) is 1.61. The highest BCUT2D eigenvalue weighted by atomic mass is 19.4. The molecule has 0 saturated heterocycles. The molecule has 6 nitrogen and oxygen atoms in total. The Labute approximate surface area is 111 Å². The molecule has 0 saturated carbocycles. The number of hydrogen-bond acceptors (Lipinski definition) is 3. The number of aromatic nitrogens is 3. The van der Waals surface area contributed by atoms with Crippen LogP contribution in [0.15, 0.2) is 30.7 Å². The van der Waals surface area contributed by atoms with Crippen molar-refractivity contribution in [1.82, 2.24) is 19.8 Å². The highest BCUT2D eigenvalue weighted by Gasteiger charge is 2.28. The first-order valence-corrected chi connectivity index (χ1v) is 5.53. The van der Waals surface area contributed by atoms with Crippen molar-refractivity contribution in [3.8, 4) is 5.82 Å². The Balaban J connectivity index is 2.12. The summed E-state index contributed by atoms with van der Waals surface area (Å²) < 4.78 is 38.8. The van der Waals surface area contributed by atoms with Gasteiger partial charge in [0.25, 0.3) is 5.91 Å². The lowest BCUT2D eigenvalue weighted by molar-refractivity contribution is -0.184. The van der Waals surface area contributed by atoms with Gasteiger partial charge < -0.3 is 4.57 Å². The van der Waals surface area contributed by atoms with Crippen LogP contribution in [0, 0.1) is 0 Å². The summed E-state index contributed by atoms with van der Waals surface area (Å²) in [5.74, 6) is -0.380. The third-order valence-electron chi connectivity index (χ3n) is 2.40. The van der Waals surface area contributed by atoms with Crippen molar-refractivity contribution in [2.24, 2.45) is 7.05 Å². The van der Waals surface area contributed by atoms with E-state index in [4.69, 9.17) is 0 Å². The van der Waals surface area contributed by atoms with E-state index in [-0.39, 0.29) is 5.56 Å². The number of rotatable bonds is 4. The highest BCUT2D eigenvalue weighted by molar-refractivity contribution is 5.96. The molecule has 2 heterocycles. The molecule has 0 aromatic carbocycles. The highest BCUT2D eigenvalue weighted by Crippen LogP contribution is 2.15. The summed E-state index contributed by atoms with van der Waals surface area (Å²) in [5, 5.41) is 3.91. The van der Waals surface area contributed by atoms with E-state index in [0.29, 0.717) is 5.82 Å². The average molecular weight is 288 g/mol. The molecule has 0 bridgehead atoms. The summed E-state index contributed by atoms with van der Waals surface area (Å²) in [6.45, 7) is -1.56. The number of carbonyl (C=O) groups excluding carboxylic acids is 1. The van der Waals surface area contributed by atoms with Crippen LogP contribution in [0.25, 0.3) is 5.82 Å². The fraction of sp³-hybridized carbons (Fsp3) is 0.273. The Morgan fingerprint density at radius 3 is 2.65 bits per heavy atom. The summed E-state index contributed by atoms with van der Waals surface area (Å²) in [6, 6.07) is 3.49. The van der Waals surface area contributed by atoms with Crippen molar-refractivity contribution in [2.45, 2.75) is 6.18 Å². The summed E-state index contributed by atoms with van der Waals surface area (Å²) in [5.41, 5.74) is 1.85. The molecule has 0 atom stereocenters. The van der Waals surface area contributed by atoms with Gasteiger partial charge in [-0.25, -0.2) is 5.48 Å². The standard InChI is InChI=1S/C11H11F3N4O2/c1-17-10(18-4-2-3-5-18)8(6-15-17)9(19)16-20-7-11(12,13)14/h2-6H,7H2,1H3,(H,16,19). The molecule has 108 valence electrons. The molecule has 0 fully saturated rings. The van der Waals surface area contributed by atoms with Crippen molar-refractivity contribution < 1.29 is 22.8 Å². The minimum Gasteiger partial charge on any atom is -0.308 e. The Morgan fingerprint density at radius 1 is 1.40 bits per heavy atom. The Hall–Kier alpha value is -2.29. The number of nitrogens with one attached hydrogen (secondary N) is 1. The summed E-state index contributed by atoms with van der Waals surface area (Å²) in [6.07, 6.45) is 0.113. The van der Waals surface area contributed by atoms with Crippen LogP contribution in [0.1, 0.15) is 10.4 Å². The molecule has 9 heteroatoms. The van der Waals surface area contributed by atoms with Gasteiger partial charge in [-0.05, 0) is 12.1 Å². The topological polar surface area (TPSA) is 61.1 Å². The molecule has 20 heavy (non-hydrogen) atoms. The van der Waals surface area contributed by atoms with Crippen molar-refractivity contribution in [3.63, 3.8) is 0 Å². The van der Waals surface area contributed by atoms with Crippen molar-refractivity contribution in [1.29, 1.82) is 0 Å². The predicted molar refractivity (Wildman–Crippen MR) is 62.0 cm³/mol. The van der Waals surface area contributed by atoms with Gasteiger partial charge >= 0.3 is 6.18 Å². The molecule has 0 unspecified atom stereocenters. The SMILES string of the molecule is Cn1ncc(C(=O)NOCC(F)(F)F)c1-n1cccc1. The number of hydroxylamine groups is 1. The second kappa shape index (κ2) is 5.37. The predicted octanol–water partition coefficient (Wildman–Crippen LogP) is 1.43. The smallest absolute Gasteiger partial charge is 0.308 e. The first kappa shape index (κ1) is 14.1. The van der Waals surface area contributed by atoms with Gasteiger partial charge in [-0.2, -0.15) is 18.3 Å². The van der Waals surface area contributed by atoms with E-state index in [1.165, 1.54) is 10.9 Å². The van der Waals surface area contributed by atoms with Gasteiger partial charge in [-0.1, -0.05) is 0 Å². The van der Waals surface area contributed by atoms with Gasteiger partial charge in [0.1, 0.15) is 11.4 Å². The van der Waals surface area contributed by atoms with E-state index in [2.05, 4.69) is 9.94 Å². The second-order valence-corrected chi connectivity index (χ2v) is 3.93. The number of carbonyl (C=O) groups is 1. The summed E-state index contributed by atoms with van der Waals surface area (Å²) in [4.78, 5) is 15.9. The van der Waals surface area contributed by atoms with Crippen molar-refractivity contribution in [3.05, 3.63) is 36.3 Å². The molecule has 0 aliphatic carbocycles. The first-order valence-electron chi connectivity index (χ1n) is 5.53. The van der Waals surface area contributed by atoms with Gasteiger partial charge in [-0.3, -0.25) is 14.3 Å². The van der Waals surface area contributed by atoms with Crippen molar-refractivity contribution >= 4 is 5.91 Å². The number of nitrogens with zero attached hydrogens (tertiary/aromatic N) is 3. The number of hydrogen-bond donors (Lipinski definition) is 1. The van der Waals surface area contributed by atoms with Crippen LogP contribution < -0.4 is 5.48 Å². The Morgan fingerprint density at radius 2 is 2.05 bits per heavy atom. The van der Waals surface area contributed by atoms with Crippen LogP contribution >= 0.6 is 0 Å². The molecule has 0 aliphatic rings. The van der Waals surface area contributed by atoms with E-state index in [1.54, 1.807) is 41.6 Å². The minimum atomic E-state index is -4.51. The zero-order valence-electron chi connectivity index (χ0n) is 10.4. The van der Waals surface area contributed by atoms with Crippen LogP contribution in [-0.4, -0.2) is 33.0 Å². The zero-order valence-corrected chi connectivity index (χ0v) is 10.4. The van der Waals surface area contributed by atoms with E-state index in [0.717, 1.165) is 0 Å².